The lowest BCUT2D eigenvalue weighted by Crippen LogP contribution is -2.68. The first-order valence-electron chi connectivity index (χ1n) is 14.2. The lowest BCUT2D eigenvalue weighted by Gasteiger charge is -2.47. The van der Waals surface area contributed by atoms with Crippen molar-refractivity contribution in [3.8, 4) is 5.88 Å². The molecule has 2 atom stereocenters. The minimum absolute atomic E-state index is 0.0351. The summed E-state index contributed by atoms with van der Waals surface area (Å²) in [4.78, 5) is 13.7. The van der Waals surface area contributed by atoms with Gasteiger partial charge in [-0.1, -0.05) is 94.3 Å². The third-order valence-corrected chi connectivity index (χ3v) is 13.1. The van der Waals surface area contributed by atoms with Crippen molar-refractivity contribution in [3.05, 3.63) is 84.7 Å². The van der Waals surface area contributed by atoms with Gasteiger partial charge in [0.05, 0.1) is 24.6 Å². The Hall–Kier alpha value is -3.95. The van der Waals surface area contributed by atoms with Gasteiger partial charge in [0.15, 0.2) is 5.82 Å². The van der Waals surface area contributed by atoms with Crippen LogP contribution in [0.15, 0.2) is 79.0 Å². The van der Waals surface area contributed by atoms with Crippen molar-refractivity contribution in [2.24, 2.45) is 0 Å². The Balaban J connectivity index is 1.59. The highest BCUT2D eigenvalue weighted by molar-refractivity contribution is 6.99. The summed E-state index contributed by atoms with van der Waals surface area (Å²) in [5.74, 6) is 1.01. The number of anilines is 4. The fourth-order valence-electron chi connectivity index (χ4n) is 6.08. The second kappa shape index (κ2) is 11.9. The molecule has 5 N–H and O–H groups in total. The fourth-order valence-corrected chi connectivity index (χ4v) is 10.8. The van der Waals surface area contributed by atoms with Crippen LogP contribution >= 0.6 is 0 Å². The van der Waals surface area contributed by atoms with Crippen molar-refractivity contribution in [3.63, 3.8) is 0 Å². The fraction of sp³-hybridized carbons (Fsp3) is 0.344. The second-order valence-electron chi connectivity index (χ2n) is 11.6. The Morgan fingerprint density at radius 3 is 2.10 bits per heavy atom. The van der Waals surface area contributed by atoms with E-state index in [1.54, 1.807) is 13.3 Å². The summed E-state index contributed by atoms with van der Waals surface area (Å²) in [6.45, 7) is 6.91. The smallest absolute Gasteiger partial charge is 0.261 e. The molecule has 5 rings (SSSR count). The predicted molar refractivity (Wildman–Crippen MR) is 169 cm³/mol. The molecular formula is C32H40N6O2Si. The molecule has 1 saturated carbocycles. The Bertz CT molecular complexity index is 1420. The van der Waals surface area contributed by atoms with Gasteiger partial charge in [-0.15, -0.1) is 0 Å². The monoisotopic (exact) mass is 568 g/mol. The van der Waals surface area contributed by atoms with Crippen molar-refractivity contribution < 1.29 is 9.16 Å². The number of rotatable bonds is 8. The van der Waals surface area contributed by atoms with Crippen LogP contribution in [0.4, 0.5) is 23.1 Å². The minimum atomic E-state index is -2.79. The molecule has 2 aromatic heterocycles. The first kappa shape index (κ1) is 28.6. The number of aromatic nitrogens is 3. The van der Waals surface area contributed by atoms with E-state index in [1.807, 2.05) is 12.1 Å². The molecule has 0 unspecified atom stereocenters. The second-order valence-corrected chi connectivity index (χ2v) is 15.9. The molecule has 8 nitrogen and oxygen atoms in total. The Labute approximate surface area is 243 Å². The van der Waals surface area contributed by atoms with Gasteiger partial charge in [-0.3, -0.25) is 0 Å². The van der Waals surface area contributed by atoms with E-state index in [2.05, 4.69) is 96.7 Å². The SMILES string of the molecule is COc1ncccc1Nc1nc(N)c(N)c([C@@H]2CCCC[C@H]2O[Si](c2ccccc2)(c2ccccc2)C(C)(C)C)n1. The molecule has 2 aromatic carbocycles. The summed E-state index contributed by atoms with van der Waals surface area (Å²) in [6, 6.07) is 25.2. The topological polar surface area (TPSA) is 121 Å². The van der Waals surface area contributed by atoms with Gasteiger partial charge in [-0.05, 0) is 40.4 Å². The van der Waals surface area contributed by atoms with Gasteiger partial charge in [0.1, 0.15) is 5.69 Å². The van der Waals surface area contributed by atoms with Gasteiger partial charge in [0.25, 0.3) is 8.32 Å². The van der Waals surface area contributed by atoms with E-state index in [-0.39, 0.29) is 22.9 Å². The first-order valence-corrected chi connectivity index (χ1v) is 16.1. The highest BCUT2D eigenvalue weighted by atomic mass is 28.4. The maximum absolute atomic E-state index is 7.60. The highest BCUT2D eigenvalue weighted by Crippen LogP contribution is 2.44. The molecule has 4 aromatic rings. The van der Waals surface area contributed by atoms with E-state index in [9.17, 15) is 0 Å². The molecule has 0 saturated heterocycles. The van der Waals surface area contributed by atoms with Crippen LogP contribution in [0.3, 0.4) is 0 Å². The largest absolute Gasteiger partial charge is 0.480 e. The number of benzene rings is 2. The van der Waals surface area contributed by atoms with Crippen molar-refractivity contribution in [2.75, 3.05) is 23.9 Å². The number of pyridine rings is 1. The van der Waals surface area contributed by atoms with E-state index in [0.29, 0.717) is 23.2 Å². The zero-order valence-electron chi connectivity index (χ0n) is 24.3. The van der Waals surface area contributed by atoms with Crippen molar-refractivity contribution >= 4 is 41.8 Å². The van der Waals surface area contributed by atoms with Crippen LogP contribution < -0.4 is 31.9 Å². The Kier molecular flexibility index (Phi) is 8.28. The predicted octanol–water partition coefficient (Wildman–Crippen LogP) is 5.39. The number of nitrogens with one attached hydrogen (secondary N) is 1. The van der Waals surface area contributed by atoms with Crippen LogP contribution in [0.5, 0.6) is 5.88 Å². The number of hydrogen-bond donors (Lipinski definition) is 3. The molecule has 1 fully saturated rings. The third-order valence-electron chi connectivity index (χ3n) is 8.01. The molecule has 0 radical (unpaired) electrons. The van der Waals surface area contributed by atoms with Crippen molar-refractivity contribution in [1.29, 1.82) is 0 Å². The normalized spacial score (nSPS) is 17.7. The number of methoxy groups -OCH3 is 1. The molecular weight excluding hydrogens is 528 g/mol. The maximum atomic E-state index is 7.60. The summed E-state index contributed by atoms with van der Waals surface area (Å²) < 4.78 is 13.0. The standard InChI is InChI=1S/C32H40N6O2Si/c1-32(2,3)41(22-14-7-5-8-15-22,23-16-9-6-10-17-23)40-26-20-12-11-18-24(26)28-27(33)29(34)38-31(37-28)36-25-19-13-21-35-30(25)39-4/h5-10,13-17,19,21,24,26H,11-12,18,20,33H2,1-4H3,(H3,34,36,37,38)/t24-,26-/m1/s1. The first-order chi connectivity index (χ1) is 19.7. The van der Waals surface area contributed by atoms with Gasteiger partial charge < -0.3 is 25.9 Å². The molecule has 214 valence electrons. The number of ether oxygens (including phenoxy) is 1. The summed E-state index contributed by atoms with van der Waals surface area (Å²) in [5, 5.41) is 5.60. The van der Waals surface area contributed by atoms with Gasteiger partial charge in [0, 0.05) is 12.1 Å². The molecule has 9 heteroatoms. The van der Waals surface area contributed by atoms with E-state index in [1.165, 1.54) is 10.4 Å². The number of nitrogen functional groups attached to an aromatic ring is 2. The molecule has 1 aliphatic carbocycles. The van der Waals surface area contributed by atoms with Crippen LogP contribution in [0, 0.1) is 0 Å². The van der Waals surface area contributed by atoms with E-state index in [0.717, 1.165) is 31.4 Å². The lowest BCUT2D eigenvalue weighted by molar-refractivity contribution is 0.118. The molecule has 0 bridgehead atoms. The summed E-state index contributed by atoms with van der Waals surface area (Å²) in [5.41, 5.74) is 14.8. The van der Waals surface area contributed by atoms with Crippen LogP contribution in [0.1, 0.15) is 58.1 Å². The minimum Gasteiger partial charge on any atom is -0.480 e. The Morgan fingerprint density at radius 1 is 0.854 bits per heavy atom. The zero-order chi connectivity index (χ0) is 29.0. The van der Waals surface area contributed by atoms with Gasteiger partial charge in [-0.25, -0.2) is 9.97 Å². The third kappa shape index (κ3) is 5.64. The van der Waals surface area contributed by atoms with Crippen molar-refractivity contribution in [2.45, 2.75) is 63.5 Å². The van der Waals surface area contributed by atoms with E-state index in [4.69, 9.17) is 25.6 Å². The Morgan fingerprint density at radius 2 is 1.49 bits per heavy atom. The van der Waals surface area contributed by atoms with Gasteiger partial charge in [0.2, 0.25) is 11.8 Å². The average molecular weight is 569 g/mol. The lowest BCUT2D eigenvalue weighted by atomic mass is 9.83. The number of nitrogens with zero attached hydrogens (tertiary/aromatic N) is 3. The molecule has 0 amide bonds. The molecule has 41 heavy (non-hydrogen) atoms. The summed E-state index contributed by atoms with van der Waals surface area (Å²) in [6.07, 6.45) is 5.54. The van der Waals surface area contributed by atoms with Crippen LogP contribution in [-0.4, -0.2) is 36.5 Å². The molecule has 1 aliphatic rings. The van der Waals surface area contributed by atoms with E-state index < -0.39 is 8.32 Å². The number of nitrogens with two attached hydrogens (primary N) is 2. The quantitative estimate of drug-likeness (QED) is 0.242. The van der Waals surface area contributed by atoms with Gasteiger partial charge >= 0.3 is 0 Å². The average Bonchev–Trinajstić information content (AvgIpc) is 2.98. The molecule has 0 spiro atoms. The maximum Gasteiger partial charge on any atom is 0.261 e. The van der Waals surface area contributed by atoms with E-state index >= 15 is 0 Å². The van der Waals surface area contributed by atoms with Crippen molar-refractivity contribution in [1.82, 2.24) is 15.0 Å². The van der Waals surface area contributed by atoms with Gasteiger partial charge in [-0.2, -0.15) is 4.98 Å². The summed E-state index contributed by atoms with van der Waals surface area (Å²) >= 11 is 0. The van der Waals surface area contributed by atoms with Crippen LogP contribution in [0.2, 0.25) is 5.04 Å². The molecule has 2 heterocycles. The summed E-state index contributed by atoms with van der Waals surface area (Å²) in [7, 11) is -1.21. The highest BCUT2D eigenvalue weighted by Gasteiger charge is 2.52. The van der Waals surface area contributed by atoms with Crippen LogP contribution in [0.25, 0.3) is 0 Å². The van der Waals surface area contributed by atoms with Crippen LogP contribution in [-0.2, 0) is 4.43 Å². The molecule has 0 aliphatic heterocycles. The number of hydrogen-bond acceptors (Lipinski definition) is 8. The zero-order valence-corrected chi connectivity index (χ0v) is 25.3.